The Labute approximate surface area is 246 Å². The number of fused-ring (bicyclic) bond motifs is 1. The predicted octanol–water partition coefficient (Wildman–Crippen LogP) is 4.46. The standard InChI is InChI=1S/C28H26Cl2N4O6S/c1-16-3-4-17(2)24(13-16)34-28(36)25-23(31-34)11-12-33(26(25)27(35)32-37)41(38,39)21-9-7-20(8-10-21)40-15-18-5-6-19(29)14-22(18)30/h3-10,13-14,26,31,37H,11-12,15H2,1-2H3,(H,32,35). The molecule has 13 heteroatoms. The van der Waals surface area contributed by atoms with Crippen LogP contribution in [-0.4, -0.2) is 40.2 Å². The van der Waals surface area contributed by atoms with Crippen LogP contribution < -0.4 is 15.8 Å². The van der Waals surface area contributed by atoms with Crippen LogP contribution in [-0.2, 0) is 27.8 Å². The molecule has 0 saturated heterocycles. The highest BCUT2D eigenvalue weighted by Crippen LogP contribution is 2.33. The van der Waals surface area contributed by atoms with Gasteiger partial charge in [0.25, 0.3) is 11.5 Å². The number of hydrogen-bond acceptors (Lipinski definition) is 6. The van der Waals surface area contributed by atoms with Crippen molar-refractivity contribution in [3.8, 4) is 11.4 Å². The van der Waals surface area contributed by atoms with E-state index in [1.54, 1.807) is 18.2 Å². The zero-order chi connectivity index (χ0) is 29.5. The molecule has 2 heterocycles. The fraction of sp³-hybridized carbons (Fsp3) is 0.214. The number of rotatable bonds is 7. The second-order valence-electron chi connectivity index (χ2n) is 9.67. The Balaban J connectivity index is 1.45. The SMILES string of the molecule is Cc1ccc(C)c(-n2[nH]c3c(c2=O)C(C(=O)NO)N(S(=O)(=O)c2ccc(OCc4ccc(Cl)cc4Cl)cc2)CC3)c1. The third kappa shape index (κ3) is 5.51. The van der Waals surface area contributed by atoms with E-state index in [0.717, 1.165) is 15.4 Å². The number of aryl methyl sites for hydroxylation is 2. The van der Waals surface area contributed by atoms with Gasteiger partial charge in [-0.1, -0.05) is 41.4 Å². The Kier molecular flexibility index (Phi) is 8.00. The Bertz CT molecular complexity index is 1800. The van der Waals surface area contributed by atoms with Crippen LogP contribution in [0.3, 0.4) is 0 Å². The minimum atomic E-state index is -4.28. The van der Waals surface area contributed by atoms with E-state index < -0.39 is 27.5 Å². The fourth-order valence-electron chi connectivity index (χ4n) is 4.82. The van der Waals surface area contributed by atoms with Gasteiger partial charge in [-0.3, -0.25) is 19.9 Å². The third-order valence-corrected chi connectivity index (χ3v) is 9.42. The molecule has 1 amide bonds. The molecule has 3 N–H and O–H groups in total. The van der Waals surface area contributed by atoms with Gasteiger partial charge >= 0.3 is 0 Å². The van der Waals surface area contributed by atoms with Gasteiger partial charge in [-0.15, -0.1) is 0 Å². The zero-order valence-corrected chi connectivity index (χ0v) is 24.3. The van der Waals surface area contributed by atoms with Crippen molar-refractivity contribution in [2.24, 2.45) is 0 Å². The molecule has 0 saturated carbocycles. The number of hydrogen-bond donors (Lipinski definition) is 3. The largest absolute Gasteiger partial charge is 0.489 e. The molecule has 10 nitrogen and oxygen atoms in total. The summed E-state index contributed by atoms with van der Waals surface area (Å²) < 4.78 is 35.5. The number of nitrogens with zero attached hydrogens (tertiary/aromatic N) is 2. The Morgan fingerprint density at radius 3 is 2.51 bits per heavy atom. The van der Waals surface area contributed by atoms with E-state index in [0.29, 0.717) is 32.7 Å². The van der Waals surface area contributed by atoms with Crippen LogP contribution in [0.4, 0.5) is 0 Å². The molecule has 1 aliphatic rings. The second kappa shape index (κ2) is 11.3. The molecular weight excluding hydrogens is 591 g/mol. The highest BCUT2D eigenvalue weighted by atomic mass is 35.5. The molecule has 5 rings (SSSR count). The van der Waals surface area contributed by atoms with Gasteiger partial charge in [0, 0.05) is 34.3 Å². The second-order valence-corrected chi connectivity index (χ2v) is 12.4. The normalized spacial score (nSPS) is 15.4. The lowest BCUT2D eigenvalue weighted by Crippen LogP contribution is -2.48. The highest BCUT2D eigenvalue weighted by Gasteiger charge is 2.44. The highest BCUT2D eigenvalue weighted by molar-refractivity contribution is 7.89. The molecule has 1 aliphatic heterocycles. The summed E-state index contributed by atoms with van der Waals surface area (Å²) in [7, 11) is -4.28. The summed E-state index contributed by atoms with van der Waals surface area (Å²) >= 11 is 12.1. The average Bonchev–Trinajstić information content (AvgIpc) is 3.29. The molecule has 41 heavy (non-hydrogen) atoms. The smallest absolute Gasteiger partial charge is 0.276 e. The first-order valence-corrected chi connectivity index (χ1v) is 14.7. The quantitative estimate of drug-likeness (QED) is 0.207. The van der Waals surface area contributed by atoms with Crippen LogP contribution in [0.15, 0.2) is 70.4 Å². The van der Waals surface area contributed by atoms with E-state index in [1.807, 2.05) is 32.0 Å². The number of sulfonamides is 1. The van der Waals surface area contributed by atoms with Crippen LogP contribution in [0.2, 0.25) is 10.0 Å². The van der Waals surface area contributed by atoms with Gasteiger partial charge in [0.2, 0.25) is 10.0 Å². The first-order chi connectivity index (χ1) is 19.5. The van der Waals surface area contributed by atoms with Gasteiger partial charge in [-0.25, -0.2) is 18.6 Å². The molecule has 1 unspecified atom stereocenters. The van der Waals surface area contributed by atoms with Gasteiger partial charge < -0.3 is 4.74 Å². The summed E-state index contributed by atoms with van der Waals surface area (Å²) in [4.78, 5) is 26.4. The Hall–Kier alpha value is -3.61. The van der Waals surface area contributed by atoms with Gasteiger partial charge in [-0.2, -0.15) is 4.31 Å². The molecule has 3 aromatic carbocycles. The number of carbonyl (C=O) groups excluding carboxylic acids is 1. The number of benzene rings is 3. The monoisotopic (exact) mass is 616 g/mol. The first kappa shape index (κ1) is 28.9. The van der Waals surface area contributed by atoms with E-state index >= 15 is 0 Å². The Morgan fingerprint density at radius 2 is 1.83 bits per heavy atom. The van der Waals surface area contributed by atoms with E-state index in [-0.39, 0.29) is 30.0 Å². The predicted molar refractivity (Wildman–Crippen MR) is 153 cm³/mol. The maximum absolute atomic E-state index is 13.8. The summed E-state index contributed by atoms with van der Waals surface area (Å²) in [5.74, 6) is -0.652. The summed E-state index contributed by atoms with van der Waals surface area (Å²) in [6.45, 7) is 3.76. The maximum atomic E-state index is 13.8. The first-order valence-electron chi connectivity index (χ1n) is 12.5. The molecule has 0 bridgehead atoms. The third-order valence-electron chi connectivity index (χ3n) is 6.95. The van der Waals surface area contributed by atoms with Gasteiger partial charge in [0.1, 0.15) is 18.4 Å². The van der Waals surface area contributed by atoms with Crippen molar-refractivity contribution in [2.75, 3.05) is 6.54 Å². The van der Waals surface area contributed by atoms with Crippen LogP contribution >= 0.6 is 23.2 Å². The number of aromatic nitrogens is 2. The molecule has 1 atom stereocenters. The number of halogens is 2. The fourth-order valence-corrected chi connectivity index (χ4v) is 6.84. The lowest BCUT2D eigenvalue weighted by molar-refractivity contribution is -0.133. The summed E-state index contributed by atoms with van der Waals surface area (Å²) in [6.07, 6.45) is 0.153. The van der Waals surface area contributed by atoms with Gasteiger partial charge in [0.15, 0.2) is 0 Å². The van der Waals surface area contributed by atoms with Crippen molar-refractivity contribution >= 4 is 39.1 Å². The van der Waals surface area contributed by atoms with E-state index in [2.05, 4.69) is 5.10 Å². The number of amides is 1. The molecule has 0 aliphatic carbocycles. The topological polar surface area (TPSA) is 134 Å². The molecule has 0 fully saturated rings. The van der Waals surface area contributed by atoms with E-state index in [9.17, 15) is 23.2 Å². The van der Waals surface area contributed by atoms with Crippen molar-refractivity contribution < 1.29 is 23.2 Å². The number of ether oxygens (including phenoxy) is 1. The molecule has 4 aromatic rings. The maximum Gasteiger partial charge on any atom is 0.276 e. The lowest BCUT2D eigenvalue weighted by Gasteiger charge is -2.32. The van der Waals surface area contributed by atoms with Crippen molar-refractivity contribution in [3.05, 3.63) is 109 Å². The van der Waals surface area contributed by atoms with Crippen LogP contribution in [0.25, 0.3) is 5.69 Å². The Morgan fingerprint density at radius 1 is 1.10 bits per heavy atom. The molecule has 0 radical (unpaired) electrons. The van der Waals surface area contributed by atoms with Crippen molar-refractivity contribution in [1.29, 1.82) is 0 Å². The summed E-state index contributed by atoms with van der Waals surface area (Å²) in [5.41, 5.74) is 4.33. The minimum Gasteiger partial charge on any atom is -0.489 e. The van der Waals surface area contributed by atoms with Crippen molar-refractivity contribution in [2.45, 2.75) is 37.8 Å². The lowest BCUT2D eigenvalue weighted by atomic mass is 10.0. The van der Waals surface area contributed by atoms with Crippen LogP contribution in [0, 0.1) is 13.8 Å². The van der Waals surface area contributed by atoms with Gasteiger partial charge in [0.05, 0.1) is 16.1 Å². The molecule has 1 aromatic heterocycles. The van der Waals surface area contributed by atoms with Crippen LogP contribution in [0.5, 0.6) is 5.75 Å². The van der Waals surface area contributed by atoms with Crippen LogP contribution in [0.1, 0.15) is 34.0 Å². The molecule has 0 spiro atoms. The average molecular weight is 618 g/mol. The molecule has 214 valence electrons. The van der Waals surface area contributed by atoms with E-state index in [1.165, 1.54) is 34.4 Å². The number of carbonyl (C=O) groups is 1. The number of aromatic amines is 1. The molecular formula is C28H26Cl2N4O6S. The summed E-state index contributed by atoms with van der Waals surface area (Å²) in [5, 5.41) is 13.5. The van der Waals surface area contributed by atoms with E-state index in [4.69, 9.17) is 27.9 Å². The van der Waals surface area contributed by atoms with Crippen molar-refractivity contribution in [1.82, 2.24) is 19.6 Å². The summed E-state index contributed by atoms with van der Waals surface area (Å²) in [6, 6.07) is 14.7. The number of hydroxylamine groups is 1. The number of H-pyrrole nitrogens is 1. The zero-order valence-electron chi connectivity index (χ0n) is 22.0. The minimum absolute atomic E-state index is 0.0490. The number of nitrogens with one attached hydrogen (secondary N) is 2. The van der Waals surface area contributed by atoms with Gasteiger partial charge in [-0.05, 0) is 67.4 Å². The van der Waals surface area contributed by atoms with Crippen molar-refractivity contribution in [3.63, 3.8) is 0 Å².